The SMILES string of the molecule is NC(CC(=O)O)C(=O)Nc1cccc(N(CCCl)CCCl)c1. The van der Waals surface area contributed by atoms with Gasteiger partial charge in [-0.05, 0) is 18.2 Å². The van der Waals surface area contributed by atoms with E-state index in [1.54, 1.807) is 18.2 Å². The normalized spacial score (nSPS) is 11.8. The van der Waals surface area contributed by atoms with Crippen molar-refractivity contribution in [2.75, 3.05) is 35.1 Å². The van der Waals surface area contributed by atoms with Crippen LogP contribution in [0, 0.1) is 0 Å². The van der Waals surface area contributed by atoms with Crippen molar-refractivity contribution in [3.63, 3.8) is 0 Å². The molecule has 0 heterocycles. The van der Waals surface area contributed by atoms with Gasteiger partial charge in [0.05, 0.1) is 12.5 Å². The Balaban J connectivity index is 2.78. The molecule has 0 aromatic heterocycles. The highest BCUT2D eigenvalue weighted by molar-refractivity contribution is 6.18. The third-order valence-electron chi connectivity index (χ3n) is 2.92. The van der Waals surface area contributed by atoms with E-state index in [4.69, 9.17) is 34.0 Å². The van der Waals surface area contributed by atoms with E-state index in [1.165, 1.54) is 0 Å². The summed E-state index contributed by atoms with van der Waals surface area (Å²) in [5, 5.41) is 11.2. The first-order valence-corrected chi connectivity index (χ1v) is 7.80. The van der Waals surface area contributed by atoms with E-state index in [0.717, 1.165) is 5.69 Å². The van der Waals surface area contributed by atoms with Gasteiger partial charge in [0.1, 0.15) is 0 Å². The van der Waals surface area contributed by atoms with Crippen LogP contribution in [-0.2, 0) is 9.59 Å². The van der Waals surface area contributed by atoms with Gasteiger partial charge in [0.2, 0.25) is 5.91 Å². The molecule has 1 atom stereocenters. The quantitative estimate of drug-likeness (QED) is 0.591. The number of benzene rings is 1. The van der Waals surface area contributed by atoms with Gasteiger partial charge in [-0.2, -0.15) is 0 Å². The fourth-order valence-electron chi connectivity index (χ4n) is 1.87. The average Bonchev–Trinajstić information content (AvgIpc) is 2.46. The highest BCUT2D eigenvalue weighted by Gasteiger charge is 2.17. The molecule has 0 aliphatic heterocycles. The predicted octanol–water partition coefficient (Wildman–Crippen LogP) is 1.71. The van der Waals surface area contributed by atoms with Crippen LogP contribution >= 0.6 is 23.2 Å². The van der Waals surface area contributed by atoms with Gasteiger partial charge in [0, 0.05) is 36.2 Å². The molecule has 6 nitrogen and oxygen atoms in total. The Morgan fingerprint density at radius 1 is 1.27 bits per heavy atom. The summed E-state index contributed by atoms with van der Waals surface area (Å²) in [6, 6.07) is 6.04. The van der Waals surface area contributed by atoms with Crippen LogP contribution in [-0.4, -0.2) is 47.9 Å². The minimum atomic E-state index is -1.12. The van der Waals surface area contributed by atoms with E-state index in [0.29, 0.717) is 30.5 Å². The molecule has 1 rings (SSSR count). The average molecular weight is 348 g/mol. The van der Waals surface area contributed by atoms with Crippen molar-refractivity contribution in [3.05, 3.63) is 24.3 Å². The minimum Gasteiger partial charge on any atom is -0.481 e. The molecule has 0 aliphatic rings. The number of carbonyl (C=O) groups excluding carboxylic acids is 1. The van der Waals surface area contributed by atoms with E-state index >= 15 is 0 Å². The van der Waals surface area contributed by atoms with Crippen LogP contribution in [0.1, 0.15) is 6.42 Å². The maximum absolute atomic E-state index is 11.8. The lowest BCUT2D eigenvalue weighted by Crippen LogP contribution is -2.37. The van der Waals surface area contributed by atoms with E-state index in [9.17, 15) is 9.59 Å². The van der Waals surface area contributed by atoms with Crippen LogP contribution < -0.4 is 16.0 Å². The molecule has 22 heavy (non-hydrogen) atoms. The third kappa shape index (κ3) is 6.09. The van der Waals surface area contributed by atoms with Gasteiger partial charge >= 0.3 is 5.97 Å². The van der Waals surface area contributed by atoms with Gasteiger partial charge in [0.25, 0.3) is 0 Å². The Morgan fingerprint density at radius 2 is 1.91 bits per heavy atom. The second-order valence-corrected chi connectivity index (χ2v) is 5.36. The van der Waals surface area contributed by atoms with Gasteiger partial charge in [-0.15, -0.1) is 23.2 Å². The molecular formula is C14H19Cl2N3O3. The molecule has 0 saturated heterocycles. The monoisotopic (exact) mass is 347 g/mol. The molecule has 0 aliphatic carbocycles. The third-order valence-corrected chi connectivity index (χ3v) is 3.26. The fourth-order valence-corrected chi connectivity index (χ4v) is 2.28. The lowest BCUT2D eigenvalue weighted by molar-refractivity contribution is -0.138. The molecule has 0 fully saturated rings. The van der Waals surface area contributed by atoms with E-state index in [-0.39, 0.29) is 0 Å². The highest BCUT2D eigenvalue weighted by Crippen LogP contribution is 2.20. The molecule has 122 valence electrons. The van der Waals surface area contributed by atoms with E-state index in [1.807, 2.05) is 11.0 Å². The van der Waals surface area contributed by atoms with Gasteiger partial charge in [-0.3, -0.25) is 9.59 Å². The van der Waals surface area contributed by atoms with Crippen LogP contribution in [0.3, 0.4) is 0 Å². The summed E-state index contributed by atoms with van der Waals surface area (Å²) in [6.45, 7) is 1.26. The van der Waals surface area contributed by atoms with Crippen molar-refractivity contribution >= 4 is 46.5 Å². The number of carboxylic acid groups (broad SMARTS) is 1. The molecule has 1 aromatic carbocycles. The summed E-state index contributed by atoms with van der Waals surface area (Å²) in [4.78, 5) is 24.4. The van der Waals surface area contributed by atoms with Crippen molar-refractivity contribution in [2.45, 2.75) is 12.5 Å². The van der Waals surface area contributed by atoms with Gasteiger partial charge < -0.3 is 21.1 Å². The number of rotatable bonds is 9. The lowest BCUT2D eigenvalue weighted by atomic mass is 10.2. The standard InChI is InChI=1S/C14H19Cl2N3O3/c15-4-6-19(7-5-16)11-3-1-2-10(8-11)18-14(22)12(17)9-13(20)21/h1-3,8,12H,4-7,9,17H2,(H,18,22)(H,20,21). The largest absolute Gasteiger partial charge is 0.481 e. The van der Waals surface area contributed by atoms with Crippen LogP contribution in [0.25, 0.3) is 0 Å². The summed E-state index contributed by atoms with van der Waals surface area (Å²) >= 11 is 11.5. The molecule has 1 aromatic rings. The molecule has 1 unspecified atom stereocenters. The van der Waals surface area contributed by atoms with E-state index in [2.05, 4.69) is 5.32 Å². The number of nitrogens with one attached hydrogen (secondary N) is 1. The Bertz CT molecular complexity index is 508. The number of nitrogens with zero attached hydrogens (tertiary/aromatic N) is 1. The zero-order valence-electron chi connectivity index (χ0n) is 12.0. The number of carbonyl (C=O) groups is 2. The summed E-state index contributed by atoms with van der Waals surface area (Å²) in [5.74, 6) is -0.749. The van der Waals surface area contributed by atoms with Crippen LogP contribution in [0.15, 0.2) is 24.3 Å². The summed E-state index contributed by atoms with van der Waals surface area (Å²) < 4.78 is 0. The van der Waals surface area contributed by atoms with Crippen molar-refractivity contribution in [3.8, 4) is 0 Å². The number of hydrogen-bond donors (Lipinski definition) is 3. The Labute approximate surface area is 139 Å². The first-order valence-electron chi connectivity index (χ1n) is 6.73. The zero-order chi connectivity index (χ0) is 16.5. The number of alkyl halides is 2. The van der Waals surface area contributed by atoms with Crippen molar-refractivity contribution in [1.82, 2.24) is 0 Å². The maximum atomic E-state index is 11.8. The molecule has 0 radical (unpaired) electrons. The molecule has 0 bridgehead atoms. The minimum absolute atomic E-state index is 0.420. The topological polar surface area (TPSA) is 95.7 Å². The second-order valence-electron chi connectivity index (χ2n) is 4.61. The highest BCUT2D eigenvalue weighted by atomic mass is 35.5. The molecular weight excluding hydrogens is 329 g/mol. The van der Waals surface area contributed by atoms with Gasteiger partial charge in [-0.25, -0.2) is 0 Å². The first kappa shape index (κ1) is 18.5. The number of hydrogen-bond acceptors (Lipinski definition) is 4. The number of aliphatic carboxylic acids is 1. The van der Waals surface area contributed by atoms with Crippen LogP contribution in [0.5, 0.6) is 0 Å². The Hall–Kier alpha value is -1.50. The molecule has 0 spiro atoms. The lowest BCUT2D eigenvalue weighted by Gasteiger charge is -2.23. The van der Waals surface area contributed by atoms with Crippen molar-refractivity contribution < 1.29 is 14.7 Å². The van der Waals surface area contributed by atoms with Crippen LogP contribution in [0.2, 0.25) is 0 Å². The molecule has 1 amide bonds. The number of amides is 1. The van der Waals surface area contributed by atoms with Crippen molar-refractivity contribution in [2.24, 2.45) is 5.73 Å². The summed E-state index contributed by atoms with van der Waals surface area (Å²) in [5.41, 5.74) is 6.93. The molecule has 8 heteroatoms. The first-order chi connectivity index (χ1) is 10.5. The fraction of sp³-hybridized carbons (Fsp3) is 0.429. The summed E-state index contributed by atoms with van der Waals surface area (Å²) in [6.07, 6.45) is -0.420. The van der Waals surface area contributed by atoms with Crippen molar-refractivity contribution in [1.29, 1.82) is 0 Å². The Morgan fingerprint density at radius 3 is 2.45 bits per heavy atom. The molecule has 4 N–H and O–H groups in total. The number of nitrogens with two attached hydrogens (primary N) is 1. The molecule has 0 saturated carbocycles. The van der Waals surface area contributed by atoms with E-state index < -0.39 is 24.3 Å². The number of halogens is 2. The number of anilines is 2. The van der Waals surface area contributed by atoms with Crippen LogP contribution in [0.4, 0.5) is 11.4 Å². The number of carboxylic acids is 1. The smallest absolute Gasteiger partial charge is 0.305 e. The predicted molar refractivity (Wildman–Crippen MR) is 89.0 cm³/mol. The van der Waals surface area contributed by atoms with Gasteiger partial charge in [-0.1, -0.05) is 6.07 Å². The zero-order valence-corrected chi connectivity index (χ0v) is 13.5. The van der Waals surface area contributed by atoms with Gasteiger partial charge in [0.15, 0.2) is 0 Å². The Kier molecular flexibility index (Phi) is 8.01. The second kappa shape index (κ2) is 9.50. The summed E-state index contributed by atoms with van der Waals surface area (Å²) in [7, 11) is 0. The maximum Gasteiger partial charge on any atom is 0.305 e.